The molecular formula is C43H28N4. The third kappa shape index (κ3) is 4.66. The molecule has 0 aliphatic heterocycles. The van der Waals surface area contributed by atoms with E-state index in [2.05, 4.69) is 114 Å². The number of para-hydroxylation sites is 2. The second-order valence-electron chi connectivity index (χ2n) is 11.7. The number of nitrogens with zero attached hydrogens (tertiary/aromatic N) is 4. The fraction of sp³-hybridized carbons (Fsp3) is 0. The Morgan fingerprint density at radius 1 is 0.340 bits per heavy atom. The van der Waals surface area contributed by atoms with E-state index in [4.69, 9.17) is 15.0 Å². The highest BCUT2D eigenvalue weighted by Gasteiger charge is 2.19. The summed E-state index contributed by atoms with van der Waals surface area (Å²) in [7, 11) is 0. The summed E-state index contributed by atoms with van der Waals surface area (Å²) in [5, 5.41) is 4.74. The number of hydrogen-bond donors (Lipinski definition) is 0. The quantitative estimate of drug-likeness (QED) is 0.197. The maximum absolute atomic E-state index is 5.14. The molecule has 0 saturated heterocycles. The first-order valence-corrected chi connectivity index (χ1v) is 15.8. The van der Waals surface area contributed by atoms with Gasteiger partial charge in [-0.1, -0.05) is 146 Å². The first-order chi connectivity index (χ1) is 23.3. The maximum Gasteiger partial charge on any atom is 0.165 e. The van der Waals surface area contributed by atoms with Crippen molar-refractivity contribution in [2.75, 3.05) is 0 Å². The van der Waals surface area contributed by atoms with Crippen molar-refractivity contribution in [1.29, 1.82) is 0 Å². The van der Waals surface area contributed by atoms with Crippen molar-refractivity contribution in [3.8, 4) is 51.0 Å². The Bertz CT molecular complexity index is 2440. The molecule has 0 saturated carbocycles. The first-order valence-electron chi connectivity index (χ1n) is 15.8. The molecule has 0 unspecified atom stereocenters. The van der Waals surface area contributed by atoms with Crippen LogP contribution in [0.15, 0.2) is 170 Å². The lowest BCUT2D eigenvalue weighted by atomic mass is 9.93. The molecule has 0 amide bonds. The van der Waals surface area contributed by atoms with Crippen LogP contribution >= 0.6 is 0 Å². The van der Waals surface area contributed by atoms with Crippen molar-refractivity contribution in [2.24, 2.45) is 0 Å². The van der Waals surface area contributed by atoms with Gasteiger partial charge in [0.2, 0.25) is 0 Å². The van der Waals surface area contributed by atoms with Crippen molar-refractivity contribution in [3.05, 3.63) is 170 Å². The lowest BCUT2D eigenvalue weighted by Crippen LogP contribution is -2.01. The number of aromatic nitrogens is 4. The minimum atomic E-state index is 0.648. The third-order valence-corrected chi connectivity index (χ3v) is 8.87. The zero-order chi connectivity index (χ0) is 31.2. The molecule has 2 heterocycles. The van der Waals surface area contributed by atoms with Crippen LogP contribution in [0, 0.1) is 0 Å². The molecule has 0 atom stereocenters. The second kappa shape index (κ2) is 11.2. The molecule has 0 aliphatic carbocycles. The van der Waals surface area contributed by atoms with Gasteiger partial charge in [0.15, 0.2) is 17.5 Å². The molecule has 2 aromatic heterocycles. The van der Waals surface area contributed by atoms with Gasteiger partial charge in [-0.2, -0.15) is 0 Å². The predicted molar refractivity (Wildman–Crippen MR) is 193 cm³/mol. The molecule has 0 bridgehead atoms. The van der Waals surface area contributed by atoms with Gasteiger partial charge in [-0.25, -0.2) is 15.0 Å². The highest BCUT2D eigenvalue weighted by atomic mass is 15.0. The largest absolute Gasteiger partial charge is 0.309 e. The van der Waals surface area contributed by atoms with E-state index in [1.54, 1.807) is 0 Å². The van der Waals surface area contributed by atoms with E-state index in [9.17, 15) is 0 Å². The van der Waals surface area contributed by atoms with Gasteiger partial charge in [0.25, 0.3) is 0 Å². The van der Waals surface area contributed by atoms with Crippen LogP contribution in [0.4, 0.5) is 0 Å². The second-order valence-corrected chi connectivity index (χ2v) is 11.7. The van der Waals surface area contributed by atoms with Crippen molar-refractivity contribution >= 4 is 32.6 Å². The standard InChI is InChI=1S/C43H28N4/c1-3-14-31(15-4-1)41-44-42(32-16-5-2-6-17-32)46-43(45-41)40-34-18-8-7-13-29(34)25-28-35(40)30-23-26-33(27-24-30)47-38-21-11-9-19-36(38)37-20-10-12-22-39(37)47/h1-28H. The average Bonchev–Trinajstić information content (AvgIpc) is 3.49. The fourth-order valence-electron chi connectivity index (χ4n) is 6.66. The van der Waals surface area contributed by atoms with Crippen LogP contribution in [0.1, 0.15) is 0 Å². The van der Waals surface area contributed by atoms with E-state index < -0.39 is 0 Å². The van der Waals surface area contributed by atoms with Crippen LogP contribution in [0.2, 0.25) is 0 Å². The van der Waals surface area contributed by atoms with Crippen molar-refractivity contribution in [1.82, 2.24) is 19.5 Å². The Kier molecular flexibility index (Phi) is 6.43. The lowest BCUT2D eigenvalue weighted by Gasteiger charge is -2.15. The Labute approximate surface area is 272 Å². The zero-order valence-corrected chi connectivity index (χ0v) is 25.5. The fourth-order valence-corrected chi connectivity index (χ4v) is 6.66. The van der Waals surface area contributed by atoms with Gasteiger partial charge in [0.1, 0.15) is 0 Å². The van der Waals surface area contributed by atoms with Gasteiger partial charge < -0.3 is 4.57 Å². The number of fused-ring (bicyclic) bond motifs is 4. The number of rotatable bonds is 5. The van der Waals surface area contributed by atoms with Gasteiger partial charge in [-0.15, -0.1) is 0 Å². The monoisotopic (exact) mass is 600 g/mol. The molecular weight excluding hydrogens is 573 g/mol. The highest BCUT2D eigenvalue weighted by Crippen LogP contribution is 2.39. The Balaban J connectivity index is 1.25. The molecule has 0 aliphatic rings. The van der Waals surface area contributed by atoms with Crippen LogP contribution in [-0.2, 0) is 0 Å². The summed E-state index contributed by atoms with van der Waals surface area (Å²) < 4.78 is 2.35. The van der Waals surface area contributed by atoms with Crippen LogP contribution in [0.25, 0.3) is 83.6 Å². The predicted octanol–water partition coefficient (Wildman–Crippen LogP) is 10.8. The summed E-state index contributed by atoms with van der Waals surface area (Å²) in [5.41, 5.74) is 8.56. The molecule has 4 nitrogen and oxygen atoms in total. The van der Waals surface area contributed by atoms with Crippen LogP contribution in [0.3, 0.4) is 0 Å². The molecule has 7 aromatic carbocycles. The van der Waals surface area contributed by atoms with Crippen LogP contribution in [-0.4, -0.2) is 19.5 Å². The molecule has 0 fully saturated rings. The van der Waals surface area contributed by atoms with Gasteiger partial charge in [0.05, 0.1) is 11.0 Å². The summed E-state index contributed by atoms with van der Waals surface area (Å²) in [6, 6.07) is 59.2. The number of hydrogen-bond acceptors (Lipinski definition) is 3. The van der Waals surface area contributed by atoms with Crippen LogP contribution in [0.5, 0.6) is 0 Å². The number of benzene rings is 7. The van der Waals surface area contributed by atoms with E-state index in [0.29, 0.717) is 17.5 Å². The lowest BCUT2D eigenvalue weighted by molar-refractivity contribution is 1.08. The third-order valence-electron chi connectivity index (χ3n) is 8.87. The molecule has 0 N–H and O–H groups in total. The van der Waals surface area contributed by atoms with Crippen molar-refractivity contribution < 1.29 is 0 Å². The van der Waals surface area contributed by atoms with E-state index in [-0.39, 0.29) is 0 Å². The summed E-state index contributed by atoms with van der Waals surface area (Å²) in [6.07, 6.45) is 0. The maximum atomic E-state index is 5.14. The first kappa shape index (κ1) is 27.0. The van der Waals surface area contributed by atoms with Crippen molar-refractivity contribution in [3.63, 3.8) is 0 Å². The highest BCUT2D eigenvalue weighted by molar-refractivity contribution is 6.09. The van der Waals surface area contributed by atoms with E-state index in [1.165, 1.54) is 21.8 Å². The summed E-state index contributed by atoms with van der Waals surface area (Å²) >= 11 is 0. The molecule has 9 rings (SSSR count). The van der Waals surface area contributed by atoms with E-state index in [0.717, 1.165) is 44.3 Å². The topological polar surface area (TPSA) is 43.6 Å². The average molecular weight is 601 g/mol. The van der Waals surface area contributed by atoms with Crippen LogP contribution < -0.4 is 0 Å². The molecule has 47 heavy (non-hydrogen) atoms. The van der Waals surface area contributed by atoms with Gasteiger partial charge in [0, 0.05) is 33.2 Å². The van der Waals surface area contributed by atoms with Crippen molar-refractivity contribution in [2.45, 2.75) is 0 Å². The Morgan fingerprint density at radius 3 is 1.43 bits per heavy atom. The molecule has 220 valence electrons. The van der Waals surface area contributed by atoms with E-state index in [1.807, 2.05) is 60.7 Å². The Morgan fingerprint density at radius 2 is 0.830 bits per heavy atom. The molecule has 9 aromatic rings. The minimum Gasteiger partial charge on any atom is -0.309 e. The molecule has 0 radical (unpaired) electrons. The molecule has 4 heteroatoms. The normalized spacial score (nSPS) is 11.4. The Hall–Kier alpha value is -6.39. The zero-order valence-electron chi connectivity index (χ0n) is 25.5. The summed E-state index contributed by atoms with van der Waals surface area (Å²) in [6.45, 7) is 0. The summed E-state index contributed by atoms with van der Waals surface area (Å²) in [4.78, 5) is 15.2. The van der Waals surface area contributed by atoms with Gasteiger partial charge in [-0.3, -0.25) is 0 Å². The molecule has 0 spiro atoms. The van der Waals surface area contributed by atoms with E-state index >= 15 is 0 Å². The SMILES string of the molecule is c1ccc(-c2nc(-c3ccccc3)nc(-c3c(-c4ccc(-n5c6ccccc6c6ccccc65)cc4)ccc4ccccc34)n2)cc1. The minimum absolute atomic E-state index is 0.648. The summed E-state index contributed by atoms with van der Waals surface area (Å²) in [5.74, 6) is 1.95. The van der Waals surface area contributed by atoms with Gasteiger partial charge in [-0.05, 0) is 46.2 Å². The van der Waals surface area contributed by atoms with Gasteiger partial charge >= 0.3 is 0 Å². The smallest absolute Gasteiger partial charge is 0.165 e.